The van der Waals surface area contributed by atoms with Gasteiger partial charge in [-0.3, -0.25) is 0 Å². The van der Waals surface area contributed by atoms with Crippen molar-refractivity contribution in [2.45, 2.75) is 19.4 Å². The van der Waals surface area contributed by atoms with E-state index in [9.17, 15) is 0 Å². The maximum absolute atomic E-state index is 6.00. The highest BCUT2D eigenvalue weighted by Gasteiger charge is 2.16. The lowest BCUT2D eigenvalue weighted by molar-refractivity contribution is 0.342. The summed E-state index contributed by atoms with van der Waals surface area (Å²) in [6, 6.07) is 8.15. The number of imidazole rings is 1. The van der Waals surface area contributed by atoms with Crippen LogP contribution in [0.3, 0.4) is 0 Å². The topological polar surface area (TPSA) is 55.9 Å². The van der Waals surface area contributed by atoms with Gasteiger partial charge in [-0.25, -0.2) is 4.98 Å². The number of nitrogens with zero attached hydrogens (tertiary/aromatic N) is 2. The maximum Gasteiger partial charge on any atom is 0.201 e. The Bertz CT molecular complexity index is 511. The predicted molar refractivity (Wildman–Crippen MR) is 69.7 cm³/mol. The van der Waals surface area contributed by atoms with Crippen molar-refractivity contribution in [3.8, 4) is 0 Å². The van der Waals surface area contributed by atoms with Crippen LogP contribution in [0.5, 0.6) is 0 Å². The molecule has 2 heterocycles. The third kappa shape index (κ3) is 2.00. The number of nitrogens with two attached hydrogens (primary N) is 1. The summed E-state index contributed by atoms with van der Waals surface area (Å²) in [5.74, 6) is 1.31. The number of benzene rings is 1. The van der Waals surface area contributed by atoms with Gasteiger partial charge in [0.1, 0.15) is 0 Å². The van der Waals surface area contributed by atoms with Crippen LogP contribution in [-0.2, 0) is 6.54 Å². The Hall–Kier alpha value is -1.55. The van der Waals surface area contributed by atoms with Gasteiger partial charge in [0.05, 0.1) is 11.0 Å². The normalized spacial score (nSPS) is 20.8. The van der Waals surface area contributed by atoms with E-state index in [0.29, 0.717) is 11.9 Å². The number of fused-ring (bicyclic) bond motifs is 1. The molecule has 4 heteroatoms. The third-order valence-corrected chi connectivity index (χ3v) is 3.52. The molecule has 0 bridgehead atoms. The largest absolute Gasteiger partial charge is 0.369 e. The average molecular weight is 230 g/mol. The van der Waals surface area contributed by atoms with E-state index in [1.807, 2.05) is 18.2 Å². The highest BCUT2D eigenvalue weighted by molar-refractivity contribution is 5.78. The minimum Gasteiger partial charge on any atom is -0.369 e. The Morgan fingerprint density at radius 3 is 3.12 bits per heavy atom. The molecule has 3 N–H and O–H groups in total. The second-order valence-corrected chi connectivity index (χ2v) is 4.78. The highest BCUT2D eigenvalue weighted by Crippen LogP contribution is 2.21. The van der Waals surface area contributed by atoms with E-state index in [0.717, 1.165) is 30.7 Å². The van der Waals surface area contributed by atoms with E-state index in [1.54, 1.807) is 0 Å². The molecule has 2 aromatic rings. The lowest BCUT2D eigenvalue weighted by atomic mass is 9.99. The summed E-state index contributed by atoms with van der Waals surface area (Å²) in [5.41, 5.74) is 8.14. The summed E-state index contributed by atoms with van der Waals surface area (Å²) in [6.45, 7) is 3.21. The number of hydrogen-bond acceptors (Lipinski definition) is 3. The Morgan fingerprint density at radius 1 is 1.41 bits per heavy atom. The molecule has 90 valence electrons. The van der Waals surface area contributed by atoms with E-state index in [1.165, 1.54) is 12.8 Å². The zero-order valence-electron chi connectivity index (χ0n) is 9.89. The summed E-state index contributed by atoms with van der Waals surface area (Å²) < 4.78 is 2.15. The van der Waals surface area contributed by atoms with Crippen LogP contribution in [0.4, 0.5) is 5.95 Å². The number of rotatable bonds is 2. The van der Waals surface area contributed by atoms with Gasteiger partial charge in [0.2, 0.25) is 5.95 Å². The standard InChI is InChI=1S/C13H18N4/c14-13-16-11-5-1-2-6-12(11)17(13)9-10-4-3-7-15-8-10/h1-2,5-6,10,15H,3-4,7-9H2,(H2,14,16). The van der Waals surface area contributed by atoms with Gasteiger partial charge in [-0.2, -0.15) is 0 Å². The highest BCUT2D eigenvalue weighted by atomic mass is 15.2. The van der Waals surface area contributed by atoms with Gasteiger partial charge >= 0.3 is 0 Å². The molecule has 4 nitrogen and oxygen atoms in total. The van der Waals surface area contributed by atoms with Gasteiger partial charge in [-0.15, -0.1) is 0 Å². The molecule has 1 atom stereocenters. The van der Waals surface area contributed by atoms with Crippen molar-refractivity contribution in [3.05, 3.63) is 24.3 Å². The second-order valence-electron chi connectivity index (χ2n) is 4.78. The molecule has 0 amide bonds. The molecule has 17 heavy (non-hydrogen) atoms. The van der Waals surface area contributed by atoms with Gasteiger partial charge in [0, 0.05) is 6.54 Å². The number of aromatic nitrogens is 2. The second kappa shape index (κ2) is 4.37. The molecule has 1 fully saturated rings. The fourth-order valence-electron chi connectivity index (χ4n) is 2.62. The van der Waals surface area contributed by atoms with Gasteiger partial charge < -0.3 is 15.6 Å². The van der Waals surface area contributed by atoms with Crippen molar-refractivity contribution in [2.24, 2.45) is 5.92 Å². The van der Waals surface area contributed by atoms with E-state index in [2.05, 4.69) is 20.9 Å². The fourth-order valence-corrected chi connectivity index (χ4v) is 2.62. The van der Waals surface area contributed by atoms with Gasteiger partial charge in [-0.1, -0.05) is 12.1 Å². The van der Waals surface area contributed by atoms with Gasteiger partial charge in [-0.05, 0) is 44.0 Å². The summed E-state index contributed by atoms with van der Waals surface area (Å²) in [4.78, 5) is 4.40. The summed E-state index contributed by atoms with van der Waals surface area (Å²) >= 11 is 0. The molecular weight excluding hydrogens is 212 g/mol. The van der Waals surface area contributed by atoms with E-state index in [-0.39, 0.29) is 0 Å². The van der Waals surface area contributed by atoms with Crippen LogP contribution >= 0.6 is 0 Å². The first-order valence-corrected chi connectivity index (χ1v) is 6.26. The minimum absolute atomic E-state index is 0.636. The quantitative estimate of drug-likeness (QED) is 0.824. The van der Waals surface area contributed by atoms with Crippen LogP contribution in [0, 0.1) is 5.92 Å². The van der Waals surface area contributed by atoms with Crippen LogP contribution < -0.4 is 11.1 Å². The van der Waals surface area contributed by atoms with Gasteiger partial charge in [0.15, 0.2) is 0 Å². The van der Waals surface area contributed by atoms with Crippen LogP contribution in [-0.4, -0.2) is 22.6 Å². The molecule has 0 radical (unpaired) electrons. The van der Waals surface area contributed by atoms with Crippen molar-refractivity contribution < 1.29 is 0 Å². The molecule has 1 unspecified atom stereocenters. The van der Waals surface area contributed by atoms with Crippen molar-refractivity contribution in [1.29, 1.82) is 0 Å². The van der Waals surface area contributed by atoms with Crippen molar-refractivity contribution in [2.75, 3.05) is 18.8 Å². The summed E-state index contributed by atoms with van der Waals surface area (Å²) in [6.07, 6.45) is 2.54. The van der Waals surface area contributed by atoms with Crippen LogP contribution in [0.15, 0.2) is 24.3 Å². The Morgan fingerprint density at radius 2 is 2.29 bits per heavy atom. The molecule has 0 spiro atoms. The maximum atomic E-state index is 6.00. The zero-order chi connectivity index (χ0) is 11.7. The first kappa shape index (κ1) is 10.6. The number of piperidine rings is 1. The van der Waals surface area contributed by atoms with Crippen LogP contribution in [0.2, 0.25) is 0 Å². The number of nitrogen functional groups attached to an aromatic ring is 1. The van der Waals surface area contributed by atoms with Crippen LogP contribution in [0.1, 0.15) is 12.8 Å². The number of anilines is 1. The molecule has 1 aliphatic rings. The average Bonchev–Trinajstić information content (AvgIpc) is 2.68. The lowest BCUT2D eigenvalue weighted by Gasteiger charge is -2.23. The Balaban J connectivity index is 1.90. The molecule has 0 aliphatic carbocycles. The van der Waals surface area contributed by atoms with Crippen molar-refractivity contribution >= 4 is 17.0 Å². The zero-order valence-corrected chi connectivity index (χ0v) is 9.89. The van der Waals surface area contributed by atoms with Crippen LogP contribution in [0.25, 0.3) is 11.0 Å². The molecule has 1 aromatic carbocycles. The lowest BCUT2D eigenvalue weighted by Crippen LogP contribution is -2.32. The number of para-hydroxylation sites is 2. The summed E-state index contributed by atoms with van der Waals surface area (Å²) in [7, 11) is 0. The summed E-state index contributed by atoms with van der Waals surface area (Å²) in [5, 5.41) is 3.44. The first-order valence-electron chi connectivity index (χ1n) is 6.26. The van der Waals surface area contributed by atoms with Gasteiger partial charge in [0.25, 0.3) is 0 Å². The number of hydrogen-bond donors (Lipinski definition) is 2. The van der Waals surface area contributed by atoms with E-state index >= 15 is 0 Å². The first-order chi connectivity index (χ1) is 8.34. The smallest absolute Gasteiger partial charge is 0.201 e. The molecule has 3 rings (SSSR count). The monoisotopic (exact) mass is 230 g/mol. The molecule has 1 aliphatic heterocycles. The molecule has 0 saturated carbocycles. The fraction of sp³-hybridized carbons (Fsp3) is 0.462. The molecule has 1 aromatic heterocycles. The molecule has 1 saturated heterocycles. The third-order valence-electron chi connectivity index (χ3n) is 3.52. The predicted octanol–water partition coefficient (Wildman–Crippen LogP) is 1.62. The van der Waals surface area contributed by atoms with Crippen molar-refractivity contribution in [1.82, 2.24) is 14.9 Å². The SMILES string of the molecule is Nc1nc2ccccc2n1CC1CCCNC1. The van der Waals surface area contributed by atoms with Crippen molar-refractivity contribution in [3.63, 3.8) is 0 Å². The molecular formula is C13H18N4. The minimum atomic E-state index is 0.636. The Labute approximate surface area is 101 Å². The van der Waals surface area contributed by atoms with E-state index in [4.69, 9.17) is 5.73 Å². The van der Waals surface area contributed by atoms with E-state index < -0.39 is 0 Å². The number of nitrogens with one attached hydrogen (secondary N) is 1. The Kier molecular flexibility index (Phi) is 2.73.